The molecule has 1 aliphatic heterocycles. The molecule has 0 aromatic rings. The maximum Gasteiger partial charge on any atom is 0.0130 e. The smallest absolute Gasteiger partial charge is 0.0130 e. The van der Waals surface area contributed by atoms with Gasteiger partial charge in [0.25, 0.3) is 0 Å². The summed E-state index contributed by atoms with van der Waals surface area (Å²) in [5.74, 6) is 0. The Kier molecular flexibility index (Phi) is 3.56. The van der Waals surface area contributed by atoms with E-state index in [-0.39, 0.29) is 0 Å². The van der Waals surface area contributed by atoms with Crippen molar-refractivity contribution in [1.29, 1.82) is 0 Å². The molecule has 0 amide bonds. The average molecular weight is 157 g/mol. The lowest BCUT2D eigenvalue weighted by Crippen LogP contribution is -2.31. The highest BCUT2D eigenvalue weighted by Gasteiger charge is 2.35. The highest BCUT2D eigenvalue weighted by Crippen LogP contribution is 2.32. The molecule has 1 N–H and O–H groups in total. The van der Waals surface area contributed by atoms with Gasteiger partial charge in [-0.3, -0.25) is 0 Å². The Hall–Kier alpha value is -0.0400. The molecule has 0 radical (unpaired) electrons. The summed E-state index contributed by atoms with van der Waals surface area (Å²) in [6.07, 6.45) is 1.29. The summed E-state index contributed by atoms with van der Waals surface area (Å²) in [4.78, 5) is 0. The normalized spacial score (nSPS) is 25.6. The van der Waals surface area contributed by atoms with Crippen LogP contribution in [0.3, 0.4) is 0 Å². The molecule has 1 nitrogen and oxygen atoms in total. The molecule has 11 heavy (non-hydrogen) atoms. The second-order valence-corrected chi connectivity index (χ2v) is 4.58. The van der Waals surface area contributed by atoms with E-state index in [0.29, 0.717) is 11.0 Å². The molecule has 1 rings (SSSR count). The van der Waals surface area contributed by atoms with E-state index in [4.69, 9.17) is 0 Å². The number of nitrogens with one attached hydrogen (secondary N) is 1. The van der Waals surface area contributed by atoms with Gasteiger partial charge in [0.15, 0.2) is 0 Å². The molecular weight excluding hydrogens is 134 g/mol. The molecule has 0 aliphatic carbocycles. The second-order valence-electron chi connectivity index (χ2n) is 4.58. The first-order chi connectivity index (χ1) is 4.91. The Morgan fingerprint density at radius 1 is 1.00 bits per heavy atom. The summed E-state index contributed by atoms with van der Waals surface area (Å²) < 4.78 is 0. The van der Waals surface area contributed by atoms with E-state index in [2.05, 4.69) is 33.0 Å². The monoisotopic (exact) mass is 157 g/mol. The van der Waals surface area contributed by atoms with Crippen molar-refractivity contribution in [3.63, 3.8) is 0 Å². The third-order valence-corrected chi connectivity index (χ3v) is 1.97. The van der Waals surface area contributed by atoms with Gasteiger partial charge in [-0.2, -0.15) is 0 Å². The third kappa shape index (κ3) is 3.76. The average Bonchev–Trinajstić information content (AvgIpc) is 2.10. The van der Waals surface area contributed by atoms with Crippen LogP contribution in [0.4, 0.5) is 0 Å². The van der Waals surface area contributed by atoms with Gasteiger partial charge in [-0.25, -0.2) is 0 Å². The summed E-state index contributed by atoms with van der Waals surface area (Å²) in [7, 11) is 0. The van der Waals surface area contributed by atoms with E-state index in [0.717, 1.165) is 0 Å². The van der Waals surface area contributed by atoms with Crippen molar-refractivity contribution >= 4 is 0 Å². The summed E-state index contributed by atoms with van der Waals surface area (Å²) in [6, 6.07) is 0. The quantitative estimate of drug-likeness (QED) is 0.570. The minimum atomic E-state index is 0.378. The van der Waals surface area contributed by atoms with Crippen molar-refractivity contribution in [3.8, 4) is 0 Å². The fourth-order valence-corrected chi connectivity index (χ4v) is 1.80. The Morgan fingerprint density at radius 2 is 1.45 bits per heavy atom. The fraction of sp³-hybridized carbons (Fsp3) is 1.00. The van der Waals surface area contributed by atoms with Gasteiger partial charge < -0.3 is 5.32 Å². The van der Waals surface area contributed by atoms with Crippen LogP contribution in [0.1, 0.15) is 48.0 Å². The molecule has 0 unspecified atom stereocenters. The lowest BCUT2D eigenvalue weighted by atomic mass is 9.86. The largest absolute Gasteiger partial charge is 0.311 e. The molecular formula is C10H23N. The molecule has 1 heteroatoms. The van der Waals surface area contributed by atoms with E-state index < -0.39 is 0 Å². The van der Waals surface area contributed by atoms with Crippen molar-refractivity contribution in [3.05, 3.63) is 0 Å². The first-order valence-electron chi connectivity index (χ1n) is 4.66. The topological polar surface area (TPSA) is 12.0 Å². The molecule has 0 bridgehead atoms. The predicted octanol–water partition coefficient (Wildman–Crippen LogP) is 2.81. The number of hydrogen-bond acceptors (Lipinski definition) is 1. The highest BCUT2D eigenvalue weighted by atomic mass is 15.0. The number of rotatable bonds is 0. The van der Waals surface area contributed by atoms with Gasteiger partial charge >= 0.3 is 0 Å². The molecule has 68 valence electrons. The fourth-order valence-electron chi connectivity index (χ4n) is 1.80. The first kappa shape index (κ1) is 11.0. The van der Waals surface area contributed by atoms with Crippen molar-refractivity contribution in [2.24, 2.45) is 5.41 Å². The van der Waals surface area contributed by atoms with E-state index >= 15 is 0 Å². The van der Waals surface area contributed by atoms with E-state index in [1.165, 1.54) is 13.0 Å². The molecule has 0 atom stereocenters. The Morgan fingerprint density at radius 3 is 1.55 bits per heavy atom. The Labute approximate surface area is 71.6 Å². The molecule has 1 fully saturated rings. The van der Waals surface area contributed by atoms with Crippen LogP contribution in [-0.2, 0) is 0 Å². The van der Waals surface area contributed by atoms with E-state index in [9.17, 15) is 0 Å². The summed E-state index contributed by atoms with van der Waals surface area (Å²) in [6.45, 7) is 14.3. The standard InChI is InChI=1S/C8H17N.C2H6/c1-7(2)5-8(3,4)9-6-7;1-2/h9H,5-6H2,1-4H3;1-2H3. The summed E-state index contributed by atoms with van der Waals surface area (Å²) >= 11 is 0. The van der Waals surface area contributed by atoms with Crippen molar-refractivity contribution < 1.29 is 0 Å². The molecule has 0 aromatic heterocycles. The van der Waals surface area contributed by atoms with Gasteiger partial charge in [0.2, 0.25) is 0 Å². The second kappa shape index (κ2) is 3.57. The van der Waals surface area contributed by atoms with Crippen molar-refractivity contribution in [2.75, 3.05) is 6.54 Å². The Balaban J connectivity index is 0.000000461. The zero-order valence-electron chi connectivity index (χ0n) is 8.91. The first-order valence-corrected chi connectivity index (χ1v) is 4.66. The number of hydrogen-bond donors (Lipinski definition) is 1. The Bertz CT molecular complexity index is 100. The maximum absolute atomic E-state index is 3.49. The van der Waals surface area contributed by atoms with Crippen LogP contribution in [-0.4, -0.2) is 12.1 Å². The third-order valence-electron chi connectivity index (χ3n) is 1.97. The van der Waals surface area contributed by atoms with Crippen LogP contribution < -0.4 is 5.32 Å². The minimum Gasteiger partial charge on any atom is -0.311 e. The van der Waals surface area contributed by atoms with Gasteiger partial charge in [-0.05, 0) is 25.7 Å². The lowest BCUT2D eigenvalue weighted by Gasteiger charge is -2.19. The predicted molar refractivity (Wildman–Crippen MR) is 51.8 cm³/mol. The summed E-state index contributed by atoms with van der Waals surface area (Å²) in [5.41, 5.74) is 0.896. The van der Waals surface area contributed by atoms with Gasteiger partial charge in [0.05, 0.1) is 0 Å². The molecule has 0 aromatic carbocycles. The van der Waals surface area contributed by atoms with Crippen LogP contribution in [0.5, 0.6) is 0 Å². The molecule has 1 saturated heterocycles. The summed E-state index contributed by atoms with van der Waals surface area (Å²) in [5, 5.41) is 3.49. The van der Waals surface area contributed by atoms with Gasteiger partial charge in [-0.15, -0.1) is 0 Å². The van der Waals surface area contributed by atoms with Gasteiger partial charge in [0.1, 0.15) is 0 Å². The molecule has 1 aliphatic rings. The van der Waals surface area contributed by atoms with Gasteiger partial charge in [-0.1, -0.05) is 27.7 Å². The van der Waals surface area contributed by atoms with Crippen LogP contribution in [0, 0.1) is 5.41 Å². The van der Waals surface area contributed by atoms with Crippen molar-refractivity contribution in [1.82, 2.24) is 5.32 Å². The highest BCUT2D eigenvalue weighted by molar-refractivity contribution is 4.93. The lowest BCUT2D eigenvalue weighted by molar-refractivity contribution is 0.369. The SMILES string of the molecule is CC.CC1(C)CNC(C)(C)C1. The van der Waals surface area contributed by atoms with Crippen LogP contribution in [0.25, 0.3) is 0 Å². The van der Waals surface area contributed by atoms with Crippen LogP contribution >= 0.6 is 0 Å². The van der Waals surface area contributed by atoms with Crippen LogP contribution in [0.2, 0.25) is 0 Å². The van der Waals surface area contributed by atoms with Gasteiger partial charge in [0, 0.05) is 12.1 Å². The zero-order chi connectivity index (χ0) is 9.12. The molecule has 0 saturated carbocycles. The zero-order valence-corrected chi connectivity index (χ0v) is 8.91. The van der Waals surface area contributed by atoms with Crippen LogP contribution in [0.15, 0.2) is 0 Å². The minimum absolute atomic E-state index is 0.378. The van der Waals surface area contributed by atoms with E-state index in [1.54, 1.807) is 0 Å². The molecule has 1 heterocycles. The van der Waals surface area contributed by atoms with Crippen molar-refractivity contribution in [2.45, 2.75) is 53.5 Å². The van der Waals surface area contributed by atoms with E-state index in [1.807, 2.05) is 13.8 Å². The molecule has 0 spiro atoms. The maximum atomic E-state index is 3.49.